The van der Waals surface area contributed by atoms with Crippen LogP contribution in [0.1, 0.15) is 18.9 Å². The minimum absolute atomic E-state index is 0.624. The molecule has 0 spiro atoms. The van der Waals surface area contributed by atoms with Crippen molar-refractivity contribution in [1.29, 1.82) is 0 Å². The third kappa shape index (κ3) is 4.75. The van der Waals surface area contributed by atoms with Crippen LogP contribution in [0.5, 0.6) is 0 Å². The van der Waals surface area contributed by atoms with Crippen LogP contribution in [0.3, 0.4) is 0 Å². The Labute approximate surface area is 133 Å². The van der Waals surface area contributed by atoms with Crippen molar-refractivity contribution in [2.24, 2.45) is 10.9 Å². The molecule has 1 N–H and O–H groups in total. The number of guanidine groups is 1. The van der Waals surface area contributed by atoms with Crippen molar-refractivity contribution in [3.05, 3.63) is 20.8 Å². The summed E-state index contributed by atoms with van der Waals surface area (Å²) in [4.78, 5) is 6.93. The molecule has 2 rings (SSSR count). The Kier molecular flexibility index (Phi) is 6.32. The van der Waals surface area contributed by atoms with Crippen molar-refractivity contribution in [3.8, 4) is 0 Å². The summed E-state index contributed by atoms with van der Waals surface area (Å²) in [7, 11) is 2.10. The lowest BCUT2D eigenvalue weighted by molar-refractivity contribution is 0.181. The van der Waals surface area contributed by atoms with Gasteiger partial charge in [-0.05, 0) is 46.3 Å². The van der Waals surface area contributed by atoms with Crippen molar-refractivity contribution in [3.63, 3.8) is 0 Å². The topological polar surface area (TPSA) is 36.9 Å². The molecule has 112 valence electrons. The molecule has 0 aromatic carbocycles. The summed E-state index contributed by atoms with van der Waals surface area (Å²) >= 11 is 5.19. The molecule has 1 unspecified atom stereocenters. The van der Waals surface area contributed by atoms with Gasteiger partial charge in [-0.3, -0.25) is 0 Å². The van der Waals surface area contributed by atoms with Gasteiger partial charge in [0.1, 0.15) is 0 Å². The zero-order valence-corrected chi connectivity index (χ0v) is 14.5. The smallest absolute Gasteiger partial charge is 0.193 e. The van der Waals surface area contributed by atoms with Crippen LogP contribution in [0.15, 0.2) is 20.2 Å². The van der Waals surface area contributed by atoms with Crippen LogP contribution in [-0.2, 0) is 11.3 Å². The predicted octanol–water partition coefficient (Wildman–Crippen LogP) is 2.94. The molecule has 0 radical (unpaired) electrons. The number of aliphatic imine (C=N–C) groups is 1. The second-order valence-corrected chi connectivity index (χ2v) is 7.33. The maximum atomic E-state index is 5.44. The summed E-state index contributed by atoms with van der Waals surface area (Å²) < 4.78 is 6.60. The Morgan fingerprint density at radius 1 is 1.65 bits per heavy atom. The van der Waals surface area contributed by atoms with E-state index in [0.717, 1.165) is 49.0 Å². The fraction of sp³-hybridized carbons (Fsp3) is 0.643. The Bertz CT molecular complexity index is 443. The molecule has 2 heterocycles. The van der Waals surface area contributed by atoms with Crippen LogP contribution >= 0.6 is 27.3 Å². The molecule has 20 heavy (non-hydrogen) atoms. The van der Waals surface area contributed by atoms with Gasteiger partial charge in [-0.2, -0.15) is 0 Å². The monoisotopic (exact) mass is 359 g/mol. The summed E-state index contributed by atoms with van der Waals surface area (Å²) in [5.41, 5.74) is 1.25. The molecule has 1 atom stereocenters. The minimum Gasteiger partial charge on any atom is -0.381 e. The highest BCUT2D eigenvalue weighted by atomic mass is 79.9. The van der Waals surface area contributed by atoms with E-state index in [4.69, 9.17) is 9.73 Å². The lowest BCUT2D eigenvalue weighted by Gasteiger charge is -2.24. The number of hydrogen-bond donors (Lipinski definition) is 1. The summed E-state index contributed by atoms with van der Waals surface area (Å²) in [6, 6.07) is 2.13. The average Bonchev–Trinajstić information content (AvgIpc) is 3.06. The van der Waals surface area contributed by atoms with E-state index in [9.17, 15) is 0 Å². The fourth-order valence-electron chi connectivity index (χ4n) is 2.27. The highest BCUT2D eigenvalue weighted by molar-refractivity contribution is 9.11. The molecule has 0 amide bonds. The van der Waals surface area contributed by atoms with E-state index < -0.39 is 0 Å². The third-order valence-corrected chi connectivity index (χ3v) is 4.84. The fourth-order valence-corrected chi connectivity index (χ4v) is 3.47. The second kappa shape index (κ2) is 8.00. The van der Waals surface area contributed by atoms with Gasteiger partial charge in [0.05, 0.1) is 16.9 Å². The van der Waals surface area contributed by atoms with Crippen molar-refractivity contribution < 1.29 is 4.74 Å². The molecule has 1 fully saturated rings. The van der Waals surface area contributed by atoms with Gasteiger partial charge >= 0.3 is 0 Å². The molecule has 1 aliphatic heterocycles. The Morgan fingerprint density at radius 3 is 3.10 bits per heavy atom. The van der Waals surface area contributed by atoms with E-state index >= 15 is 0 Å². The van der Waals surface area contributed by atoms with Gasteiger partial charge in [0, 0.05) is 32.7 Å². The van der Waals surface area contributed by atoms with Gasteiger partial charge in [0.15, 0.2) is 5.96 Å². The van der Waals surface area contributed by atoms with Crippen LogP contribution in [-0.4, -0.2) is 44.2 Å². The summed E-state index contributed by atoms with van der Waals surface area (Å²) in [6.45, 7) is 6.48. The number of nitrogens with zero attached hydrogens (tertiary/aromatic N) is 2. The molecule has 1 aromatic heterocycles. The highest BCUT2D eigenvalue weighted by Gasteiger charge is 2.18. The average molecular weight is 360 g/mol. The molecule has 1 aromatic rings. The molecular weight excluding hydrogens is 338 g/mol. The molecule has 4 nitrogen and oxygen atoms in total. The number of ether oxygens (including phenoxy) is 1. The molecule has 1 saturated heterocycles. The first-order valence-electron chi connectivity index (χ1n) is 6.99. The molecule has 0 saturated carbocycles. The van der Waals surface area contributed by atoms with Crippen molar-refractivity contribution in [2.45, 2.75) is 19.9 Å². The van der Waals surface area contributed by atoms with Gasteiger partial charge in [0.25, 0.3) is 0 Å². The largest absolute Gasteiger partial charge is 0.381 e. The lowest BCUT2D eigenvalue weighted by atomic mass is 10.1. The maximum absolute atomic E-state index is 5.44. The Balaban J connectivity index is 1.93. The minimum atomic E-state index is 0.624. The van der Waals surface area contributed by atoms with E-state index in [1.165, 1.54) is 5.56 Å². The van der Waals surface area contributed by atoms with E-state index in [1.54, 1.807) is 11.3 Å². The van der Waals surface area contributed by atoms with Crippen molar-refractivity contribution in [2.75, 3.05) is 33.4 Å². The number of rotatable bonds is 5. The summed E-state index contributed by atoms with van der Waals surface area (Å²) in [5, 5.41) is 5.50. The van der Waals surface area contributed by atoms with E-state index in [0.29, 0.717) is 5.92 Å². The SMILES string of the molecule is CCNC(=NCc1csc(Br)c1)N(C)CC1CCOC1. The van der Waals surface area contributed by atoms with Crippen LogP contribution in [0.4, 0.5) is 0 Å². The number of halogens is 1. The zero-order valence-electron chi connectivity index (χ0n) is 12.1. The highest BCUT2D eigenvalue weighted by Crippen LogP contribution is 2.21. The quantitative estimate of drug-likeness (QED) is 0.648. The van der Waals surface area contributed by atoms with Crippen molar-refractivity contribution >= 4 is 33.2 Å². The van der Waals surface area contributed by atoms with E-state index in [-0.39, 0.29) is 0 Å². The molecule has 1 aliphatic rings. The summed E-state index contributed by atoms with van der Waals surface area (Å²) in [5.74, 6) is 1.60. The van der Waals surface area contributed by atoms with Gasteiger partial charge in [-0.25, -0.2) is 4.99 Å². The first kappa shape index (κ1) is 15.8. The number of thiophene rings is 1. The van der Waals surface area contributed by atoms with Crippen LogP contribution in [0, 0.1) is 5.92 Å². The normalized spacial score (nSPS) is 19.4. The lowest BCUT2D eigenvalue weighted by Crippen LogP contribution is -2.41. The Hall–Kier alpha value is -0.590. The molecule has 0 bridgehead atoms. The first-order chi connectivity index (χ1) is 9.69. The second-order valence-electron chi connectivity index (χ2n) is 5.04. The van der Waals surface area contributed by atoms with Gasteiger partial charge in [-0.1, -0.05) is 0 Å². The van der Waals surface area contributed by atoms with Gasteiger partial charge < -0.3 is 15.0 Å². The maximum Gasteiger partial charge on any atom is 0.193 e. The Morgan fingerprint density at radius 2 is 2.50 bits per heavy atom. The van der Waals surface area contributed by atoms with Crippen LogP contribution in [0.2, 0.25) is 0 Å². The third-order valence-electron chi connectivity index (χ3n) is 3.29. The predicted molar refractivity (Wildman–Crippen MR) is 88.4 cm³/mol. The van der Waals surface area contributed by atoms with Crippen LogP contribution < -0.4 is 5.32 Å². The summed E-state index contributed by atoms with van der Waals surface area (Å²) in [6.07, 6.45) is 1.15. The standard InChI is InChI=1S/C14H22BrN3OS/c1-3-16-14(17-7-12-6-13(15)20-10-12)18(2)8-11-4-5-19-9-11/h6,10-11H,3-5,7-9H2,1-2H3,(H,16,17). The zero-order chi connectivity index (χ0) is 14.4. The van der Waals surface area contributed by atoms with E-state index in [1.807, 2.05) is 0 Å². The van der Waals surface area contributed by atoms with Crippen LogP contribution in [0.25, 0.3) is 0 Å². The number of nitrogens with one attached hydrogen (secondary N) is 1. The molecule has 6 heteroatoms. The van der Waals surface area contributed by atoms with Gasteiger partial charge in [-0.15, -0.1) is 11.3 Å². The van der Waals surface area contributed by atoms with Crippen molar-refractivity contribution in [1.82, 2.24) is 10.2 Å². The molecular formula is C14H22BrN3OS. The number of hydrogen-bond acceptors (Lipinski definition) is 3. The van der Waals surface area contributed by atoms with Gasteiger partial charge in [0.2, 0.25) is 0 Å². The first-order valence-corrected chi connectivity index (χ1v) is 8.66. The molecule has 0 aliphatic carbocycles. The van der Waals surface area contributed by atoms with E-state index in [2.05, 4.69) is 51.6 Å².